The van der Waals surface area contributed by atoms with Gasteiger partial charge in [-0.1, -0.05) is 29.3 Å². The molecule has 2 aromatic rings. The second-order valence-corrected chi connectivity index (χ2v) is 6.91. The zero-order chi connectivity index (χ0) is 20.1. The maximum atomic E-state index is 12.5. The molecule has 144 valence electrons. The summed E-state index contributed by atoms with van der Waals surface area (Å²) in [5.74, 6) is -0.0439. The monoisotopic (exact) mass is 412 g/mol. The van der Waals surface area contributed by atoms with E-state index < -0.39 is 11.0 Å². The van der Waals surface area contributed by atoms with Gasteiger partial charge in [-0.2, -0.15) is 0 Å². The molecule has 27 heavy (non-hydrogen) atoms. The first-order valence-corrected chi connectivity index (χ1v) is 8.91. The molecule has 0 saturated heterocycles. The van der Waals surface area contributed by atoms with Crippen LogP contribution in [0.2, 0.25) is 10.0 Å². The quantitative estimate of drug-likeness (QED) is 0.536. The zero-order valence-electron chi connectivity index (χ0n) is 15.0. The van der Waals surface area contributed by atoms with Gasteiger partial charge in [-0.25, -0.2) is 0 Å². The van der Waals surface area contributed by atoms with Crippen LogP contribution in [0.1, 0.15) is 25.5 Å². The van der Waals surface area contributed by atoms with Crippen molar-refractivity contribution in [3.63, 3.8) is 0 Å². The molecule has 7 nitrogen and oxygen atoms in total. The van der Waals surface area contributed by atoms with Crippen molar-refractivity contribution in [3.05, 3.63) is 62.1 Å². The Bertz CT molecular complexity index is 860. The first-order chi connectivity index (χ1) is 12.7. The smallest absolute Gasteiger partial charge is 0.282 e. The molecule has 0 unspecified atom stereocenters. The Morgan fingerprint density at radius 1 is 1.22 bits per heavy atom. The average molecular weight is 413 g/mol. The number of methoxy groups -OCH3 is 1. The first kappa shape index (κ1) is 21.0. The van der Waals surface area contributed by atoms with Crippen LogP contribution in [0.15, 0.2) is 36.4 Å². The van der Waals surface area contributed by atoms with Crippen LogP contribution in [0.5, 0.6) is 5.75 Å². The highest BCUT2D eigenvalue weighted by Gasteiger charge is 2.23. The summed E-state index contributed by atoms with van der Waals surface area (Å²) in [6.07, 6.45) is 0. The van der Waals surface area contributed by atoms with Crippen LogP contribution in [0.4, 0.5) is 11.4 Å². The van der Waals surface area contributed by atoms with Crippen molar-refractivity contribution < 1.29 is 19.8 Å². The molecule has 0 radical (unpaired) electrons. The SMILES string of the molecule is COc1cc([N+](=O)[O-])ccc1NC(=O)[C@H](C)[NH2+][C@H](C)c1ccc(Cl)cc1Cl. The molecule has 0 aliphatic carbocycles. The molecular formula is C18H20Cl2N3O4+. The number of halogens is 2. The molecule has 0 aliphatic rings. The van der Waals surface area contributed by atoms with E-state index in [1.807, 2.05) is 18.3 Å². The number of non-ortho nitro benzene ring substituents is 1. The van der Waals surface area contributed by atoms with E-state index in [1.54, 1.807) is 19.1 Å². The number of hydrogen-bond donors (Lipinski definition) is 2. The zero-order valence-corrected chi connectivity index (χ0v) is 16.5. The summed E-state index contributed by atoms with van der Waals surface area (Å²) in [7, 11) is 1.38. The van der Waals surface area contributed by atoms with Crippen LogP contribution in [-0.4, -0.2) is 24.0 Å². The van der Waals surface area contributed by atoms with E-state index in [2.05, 4.69) is 5.32 Å². The van der Waals surface area contributed by atoms with Gasteiger partial charge < -0.3 is 15.4 Å². The number of amides is 1. The number of nitro groups is 1. The number of carbonyl (C=O) groups is 1. The van der Waals surface area contributed by atoms with Crippen LogP contribution in [-0.2, 0) is 4.79 Å². The van der Waals surface area contributed by atoms with Gasteiger partial charge in [-0.15, -0.1) is 0 Å². The molecule has 0 aromatic heterocycles. The minimum absolute atomic E-state index is 0.0747. The lowest BCUT2D eigenvalue weighted by Crippen LogP contribution is -2.91. The number of nitro benzene ring substituents is 1. The number of nitrogens with one attached hydrogen (secondary N) is 1. The molecular weight excluding hydrogens is 393 g/mol. The van der Waals surface area contributed by atoms with Gasteiger partial charge in [0.1, 0.15) is 11.8 Å². The maximum Gasteiger partial charge on any atom is 0.282 e. The van der Waals surface area contributed by atoms with E-state index in [4.69, 9.17) is 27.9 Å². The second-order valence-electron chi connectivity index (χ2n) is 6.07. The van der Waals surface area contributed by atoms with Crippen molar-refractivity contribution in [2.75, 3.05) is 12.4 Å². The molecule has 9 heteroatoms. The van der Waals surface area contributed by atoms with Gasteiger partial charge in [0, 0.05) is 16.7 Å². The van der Waals surface area contributed by atoms with Crippen molar-refractivity contribution in [3.8, 4) is 5.75 Å². The predicted molar refractivity (Wildman–Crippen MR) is 105 cm³/mol. The molecule has 0 aliphatic heterocycles. The number of anilines is 1. The first-order valence-electron chi connectivity index (χ1n) is 8.16. The third kappa shape index (κ3) is 5.32. The number of benzene rings is 2. The number of quaternary nitrogens is 1. The van der Waals surface area contributed by atoms with Crippen molar-refractivity contribution >= 4 is 40.5 Å². The summed E-state index contributed by atoms with van der Waals surface area (Å²) in [5, 5.41) is 16.5. The number of rotatable bonds is 7. The molecule has 0 fully saturated rings. The van der Waals surface area contributed by atoms with Crippen LogP contribution >= 0.6 is 23.2 Å². The topological polar surface area (TPSA) is 98.1 Å². The number of nitrogens with two attached hydrogens (primary N) is 1. The lowest BCUT2D eigenvalue weighted by Gasteiger charge is -2.18. The highest BCUT2D eigenvalue weighted by molar-refractivity contribution is 6.35. The lowest BCUT2D eigenvalue weighted by atomic mass is 10.1. The van der Waals surface area contributed by atoms with Crippen LogP contribution in [0.25, 0.3) is 0 Å². The third-order valence-electron chi connectivity index (χ3n) is 4.10. The molecule has 0 bridgehead atoms. The number of hydrogen-bond acceptors (Lipinski definition) is 4. The standard InChI is InChI=1S/C18H19Cl2N3O4/c1-10(14-6-4-12(19)8-15(14)20)21-11(2)18(24)22-16-7-5-13(23(25)26)9-17(16)27-3/h4-11,21H,1-3H3,(H,22,24)/p+1/t10-,11+/m1/s1. The highest BCUT2D eigenvalue weighted by atomic mass is 35.5. The molecule has 1 amide bonds. The summed E-state index contributed by atoms with van der Waals surface area (Å²) >= 11 is 12.1. The minimum atomic E-state index is -0.526. The van der Waals surface area contributed by atoms with E-state index >= 15 is 0 Å². The van der Waals surface area contributed by atoms with Gasteiger partial charge in [0.25, 0.3) is 11.6 Å². The van der Waals surface area contributed by atoms with Gasteiger partial charge in [0.15, 0.2) is 6.04 Å². The minimum Gasteiger partial charge on any atom is -0.494 e. The third-order valence-corrected chi connectivity index (χ3v) is 4.66. The predicted octanol–water partition coefficient (Wildman–Crippen LogP) is 3.56. The molecule has 2 rings (SSSR count). The fourth-order valence-corrected chi connectivity index (χ4v) is 3.22. The molecule has 2 aromatic carbocycles. The van der Waals surface area contributed by atoms with Crippen molar-refractivity contribution in [2.24, 2.45) is 0 Å². The summed E-state index contributed by atoms with van der Waals surface area (Å²) in [4.78, 5) is 22.8. The van der Waals surface area contributed by atoms with E-state index in [9.17, 15) is 14.9 Å². The van der Waals surface area contributed by atoms with E-state index in [1.165, 1.54) is 25.3 Å². The second kappa shape index (κ2) is 9.03. The Balaban J connectivity index is 2.08. The number of carbonyl (C=O) groups excluding carboxylic acids is 1. The Labute approximate surface area is 166 Å². The number of ether oxygens (including phenoxy) is 1. The fraction of sp³-hybridized carbons (Fsp3) is 0.278. The summed E-state index contributed by atoms with van der Waals surface area (Å²) < 4.78 is 5.13. The van der Waals surface area contributed by atoms with Crippen LogP contribution in [0, 0.1) is 10.1 Å². The molecule has 2 atom stereocenters. The van der Waals surface area contributed by atoms with Gasteiger partial charge in [0.05, 0.1) is 28.8 Å². The Morgan fingerprint density at radius 2 is 1.93 bits per heavy atom. The van der Waals surface area contributed by atoms with E-state index in [-0.39, 0.29) is 23.4 Å². The van der Waals surface area contributed by atoms with Gasteiger partial charge >= 0.3 is 0 Å². The number of nitrogens with zero attached hydrogens (tertiary/aromatic N) is 1. The van der Waals surface area contributed by atoms with Crippen molar-refractivity contribution in [1.82, 2.24) is 0 Å². The fourth-order valence-electron chi connectivity index (χ4n) is 2.64. The summed E-state index contributed by atoms with van der Waals surface area (Å²) in [6.45, 7) is 3.69. The Hall–Kier alpha value is -2.35. The van der Waals surface area contributed by atoms with E-state index in [0.717, 1.165) is 5.56 Å². The highest BCUT2D eigenvalue weighted by Crippen LogP contribution is 2.29. The average Bonchev–Trinajstić information content (AvgIpc) is 2.61. The largest absolute Gasteiger partial charge is 0.494 e. The molecule has 0 saturated carbocycles. The molecule has 0 heterocycles. The van der Waals surface area contributed by atoms with Crippen LogP contribution < -0.4 is 15.4 Å². The summed E-state index contributed by atoms with van der Waals surface area (Å²) in [5.41, 5.74) is 1.12. The summed E-state index contributed by atoms with van der Waals surface area (Å²) in [6, 6.07) is 8.75. The Kier molecular flexibility index (Phi) is 7.01. The maximum absolute atomic E-state index is 12.5. The van der Waals surface area contributed by atoms with Crippen LogP contribution in [0.3, 0.4) is 0 Å². The normalized spacial score (nSPS) is 12.9. The van der Waals surface area contributed by atoms with E-state index in [0.29, 0.717) is 15.7 Å². The Morgan fingerprint density at radius 3 is 2.52 bits per heavy atom. The molecule has 0 spiro atoms. The van der Waals surface area contributed by atoms with Crippen molar-refractivity contribution in [1.29, 1.82) is 0 Å². The molecule has 3 N–H and O–H groups in total. The lowest BCUT2D eigenvalue weighted by molar-refractivity contribution is -0.709. The van der Waals surface area contributed by atoms with Gasteiger partial charge in [-0.05, 0) is 32.0 Å². The van der Waals surface area contributed by atoms with Gasteiger partial charge in [0.2, 0.25) is 0 Å². The van der Waals surface area contributed by atoms with Gasteiger partial charge in [-0.3, -0.25) is 14.9 Å². The van der Waals surface area contributed by atoms with Crippen molar-refractivity contribution in [2.45, 2.75) is 25.9 Å².